The van der Waals surface area contributed by atoms with E-state index < -0.39 is 11.9 Å². The van der Waals surface area contributed by atoms with E-state index in [9.17, 15) is 9.59 Å². The third kappa shape index (κ3) is 4.96. The van der Waals surface area contributed by atoms with Crippen molar-refractivity contribution in [3.8, 4) is 0 Å². The highest BCUT2D eigenvalue weighted by molar-refractivity contribution is 5.91. The van der Waals surface area contributed by atoms with Crippen molar-refractivity contribution in [2.45, 2.75) is 0 Å². The zero-order chi connectivity index (χ0) is 11.8. The molecule has 0 saturated carbocycles. The maximum Gasteiger partial charge on any atom is 0.335 e. The van der Waals surface area contributed by atoms with Crippen LogP contribution in [0.15, 0.2) is 24.3 Å². The molecular weight excluding hydrogens is 228 g/mol. The van der Waals surface area contributed by atoms with E-state index in [4.69, 9.17) is 19.5 Å². The third-order valence-corrected chi connectivity index (χ3v) is 1.38. The summed E-state index contributed by atoms with van der Waals surface area (Å²) in [6.45, 7) is 0. The lowest BCUT2D eigenvalue weighted by molar-refractivity contribution is -1.27. The standard InChI is InChI=1S/C8H6O4.ClHO2/c9-7(10)5-1-2-6(4-3-5)8(11)12;2-1-3/h1-4H,(H,9,10)(H,11,12);2H. The van der Waals surface area contributed by atoms with Crippen LogP contribution in [0.4, 0.5) is 0 Å². The molecule has 6 nitrogen and oxygen atoms in total. The molecule has 0 fully saturated rings. The Morgan fingerprint density at radius 3 is 1.33 bits per heavy atom. The average Bonchev–Trinajstić information content (AvgIpc) is 2.19. The quantitative estimate of drug-likeness (QED) is 0.625. The van der Waals surface area contributed by atoms with Gasteiger partial charge in [0.15, 0.2) is 0 Å². The Morgan fingerprint density at radius 1 is 1.00 bits per heavy atom. The van der Waals surface area contributed by atoms with Gasteiger partial charge < -0.3 is 14.9 Å². The molecule has 82 valence electrons. The lowest BCUT2D eigenvalue weighted by atomic mass is 10.1. The van der Waals surface area contributed by atoms with E-state index in [2.05, 4.69) is 0 Å². The SMILES string of the molecule is O=C(O)c1ccc(C(=O)O)cc1.[O-][Cl+]O. The molecule has 0 aromatic heterocycles. The number of hydrogen-bond acceptors (Lipinski definition) is 4. The van der Waals surface area contributed by atoms with E-state index >= 15 is 0 Å². The van der Waals surface area contributed by atoms with Crippen molar-refractivity contribution in [2.75, 3.05) is 0 Å². The zero-order valence-electron chi connectivity index (χ0n) is 7.25. The van der Waals surface area contributed by atoms with Crippen LogP contribution in [0.5, 0.6) is 0 Å². The van der Waals surface area contributed by atoms with Crippen LogP contribution < -0.4 is 4.66 Å². The van der Waals surface area contributed by atoms with Crippen molar-refractivity contribution >= 4 is 11.9 Å². The molecule has 7 heteroatoms. The van der Waals surface area contributed by atoms with Gasteiger partial charge in [0.2, 0.25) is 0 Å². The molecule has 3 N–H and O–H groups in total. The number of carboxylic acids is 2. The fraction of sp³-hybridized carbons (Fsp3) is 0. The summed E-state index contributed by atoms with van der Waals surface area (Å²) in [7, 11) is 0. The van der Waals surface area contributed by atoms with Gasteiger partial charge >= 0.3 is 23.3 Å². The van der Waals surface area contributed by atoms with Crippen LogP contribution in [0.1, 0.15) is 20.7 Å². The van der Waals surface area contributed by atoms with Gasteiger partial charge in [0.05, 0.1) is 11.1 Å². The smallest absolute Gasteiger partial charge is 0.335 e. The van der Waals surface area contributed by atoms with Gasteiger partial charge in [-0.15, -0.1) is 4.66 Å². The fourth-order valence-corrected chi connectivity index (χ4v) is 0.755. The van der Waals surface area contributed by atoms with Crippen LogP contribution >= 0.6 is 0 Å². The molecule has 0 atom stereocenters. The Bertz CT molecular complexity index is 300. The molecule has 0 radical (unpaired) electrons. The lowest BCUT2D eigenvalue weighted by Crippen LogP contribution is -1.99. The summed E-state index contributed by atoms with van der Waals surface area (Å²) in [5, 5.41) is 16.9. The molecule has 0 bridgehead atoms. The maximum atomic E-state index is 10.3. The second kappa shape index (κ2) is 6.77. The Balaban J connectivity index is 0.000000583. The van der Waals surface area contributed by atoms with Crippen LogP contribution in [0.2, 0.25) is 0 Å². The molecule has 0 amide bonds. The van der Waals surface area contributed by atoms with Crippen molar-refractivity contribution in [1.29, 1.82) is 0 Å². The number of carboxylic acid groups (broad SMARTS) is 2. The summed E-state index contributed by atoms with van der Waals surface area (Å²) < 4.78 is 15.2. The van der Waals surface area contributed by atoms with E-state index in [1.807, 2.05) is 0 Å². The molecule has 15 heavy (non-hydrogen) atoms. The van der Waals surface area contributed by atoms with Gasteiger partial charge in [-0.1, -0.05) is 0 Å². The van der Waals surface area contributed by atoms with E-state index in [1.165, 1.54) is 24.3 Å². The van der Waals surface area contributed by atoms with Gasteiger partial charge in [0.1, 0.15) is 0 Å². The molecule has 1 aromatic rings. The minimum Gasteiger partial charge on any atom is -0.506 e. The summed E-state index contributed by atoms with van der Waals surface area (Å²) in [6, 6.07) is 5.02. The van der Waals surface area contributed by atoms with Crippen LogP contribution in [-0.4, -0.2) is 26.8 Å². The molecule has 0 aliphatic heterocycles. The molecular formula is C8H7ClO6. The van der Waals surface area contributed by atoms with Crippen LogP contribution in [0.25, 0.3) is 0 Å². The maximum absolute atomic E-state index is 10.3. The summed E-state index contributed by atoms with van der Waals surface area (Å²) in [4.78, 5) is 20.7. The van der Waals surface area contributed by atoms with Gasteiger partial charge in [0, 0.05) is 0 Å². The monoisotopic (exact) mass is 234 g/mol. The van der Waals surface area contributed by atoms with Crippen molar-refractivity contribution in [1.82, 2.24) is 0 Å². The van der Waals surface area contributed by atoms with Crippen molar-refractivity contribution < 1.29 is 40.4 Å². The van der Waals surface area contributed by atoms with E-state index in [0.717, 1.165) is 0 Å². The zero-order valence-corrected chi connectivity index (χ0v) is 8.01. The Hall–Kier alpha value is -1.63. The first-order valence-electron chi connectivity index (χ1n) is 3.50. The van der Waals surface area contributed by atoms with E-state index in [-0.39, 0.29) is 22.5 Å². The number of hydrogen-bond donors (Lipinski definition) is 3. The van der Waals surface area contributed by atoms with Crippen molar-refractivity contribution in [2.24, 2.45) is 0 Å². The largest absolute Gasteiger partial charge is 0.506 e. The first-order valence-corrected chi connectivity index (χ1v) is 4.15. The second-order valence-corrected chi connectivity index (χ2v) is 2.39. The highest BCUT2D eigenvalue weighted by atomic mass is 35.6. The molecule has 0 spiro atoms. The summed E-state index contributed by atoms with van der Waals surface area (Å²) in [5.41, 5.74) is 0.167. The average molecular weight is 235 g/mol. The van der Waals surface area contributed by atoms with Crippen LogP contribution in [0.3, 0.4) is 0 Å². The lowest BCUT2D eigenvalue weighted by Gasteiger charge is -1.94. The second-order valence-electron chi connectivity index (χ2n) is 2.26. The summed E-state index contributed by atoms with van der Waals surface area (Å²) in [5.74, 6) is -2.13. The normalized spacial score (nSPS) is 8.67. The molecule has 0 aliphatic carbocycles. The molecule has 0 saturated heterocycles. The van der Waals surface area contributed by atoms with Gasteiger partial charge in [0.25, 0.3) is 0 Å². The van der Waals surface area contributed by atoms with Gasteiger partial charge in [-0.2, -0.15) is 0 Å². The van der Waals surface area contributed by atoms with Crippen molar-refractivity contribution in [3.63, 3.8) is 0 Å². The predicted molar refractivity (Wildman–Crippen MR) is 42.6 cm³/mol. The predicted octanol–water partition coefficient (Wildman–Crippen LogP) is -0.663. The minimum absolute atomic E-state index is 0.0833. The molecule has 1 aromatic carbocycles. The highest BCUT2D eigenvalue weighted by Gasteiger charge is 2.04. The molecule has 0 heterocycles. The Labute approximate surface area is 88.5 Å². The number of carbonyl (C=O) groups is 2. The number of rotatable bonds is 2. The Kier molecular flexibility index (Phi) is 6.03. The Morgan fingerprint density at radius 2 is 1.20 bits per heavy atom. The number of aromatic carboxylic acids is 2. The van der Waals surface area contributed by atoms with Gasteiger partial charge in [-0.25, -0.2) is 9.59 Å². The van der Waals surface area contributed by atoms with Gasteiger partial charge in [-0.3, -0.25) is 0 Å². The minimum atomic E-state index is -1.06. The van der Waals surface area contributed by atoms with E-state index in [0.29, 0.717) is 0 Å². The fourth-order valence-electron chi connectivity index (χ4n) is 0.755. The molecule has 1 rings (SSSR count). The van der Waals surface area contributed by atoms with E-state index in [1.54, 1.807) is 0 Å². The molecule has 0 aliphatic rings. The first-order chi connectivity index (χ1) is 7.02. The highest BCUT2D eigenvalue weighted by Crippen LogP contribution is 2.03. The number of halogens is 1. The summed E-state index contributed by atoms with van der Waals surface area (Å²) in [6.07, 6.45) is 0. The first kappa shape index (κ1) is 13.4. The van der Waals surface area contributed by atoms with Crippen LogP contribution in [0, 0.1) is 11.3 Å². The third-order valence-electron chi connectivity index (χ3n) is 1.38. The topological polar surface area (TPSA) is 118 Å². The van der Waals surface area contributed by atoms with Crippen molar-refractivity contribution in [3.05, 3.63) is 35.4 Å². The molecule has 0 unspecified atom stereocenters. The number of benzene rings is 1. The summed E-state index contributed by atoms with van der Waals surface area (Å²) >= 11 is -0.167. The van der Waals surface area contributed by atoms with Gasteiger partial charge in [-0.05, 0) is 24.3 Å². The van der Waals surface area contributed by atoms with Crippen LogP contribution in [-0.2, 0) is 0 Å².